The molecule has 20 heavy (non-hydrogen) atoms. The molecule has 0 N–H and O–H groups in total. The summed E-state index contributed by atoms with van der Waals surface area (Å²) in [6.07, 6.45) is 4.34. The minimum atomic E-state index is 0.322. The molecular weight excluding hydrogens is 384 g/mol. The van der Waals surface area contributed by atoms with E-state index in [1.54, 1.807) is 0 Å². The average Bonchev–Trinajstić information content (AvgIpc) is 2.65. The first-order valence-corrected chi connectivity index (χ1v) is 8.94. The lowest BCUT2D eigenvalue weighted by Crippen LogP contribution is -2.11. The van der Waals surface area contributed by atoms with E-state index in [0.29, 0.717) is 10.2 Å². The van der Waals surface area contributed by atoms with Crippen LogP contribution in [0, 0.1) is 5.41 Å². The summed E-state index contributed by atoms with van der Waals surface area (Å²) in [5, 5.41) is 0. The first-order valence-electron chi connectivity index (χ1n) is 7.23. The van der Waals surface area contributed by atoms with Gasteiger partial charge in [0.1, 0.15) is 0 Å². The standard InChI is InChI=1S/C16H20Br2O2/c1-16(2)5-4-10-11(17)8-13-15(14(10)12(18)9-16)20-7-3-6-19-13/h8,12H,3-7,9H2,1-2H3. The Bertz CT molecular complexity index is 526. The quantitative estimate of drug-likeness (QED) is 0.426. The number of rotatable bonds is 0. The van der Waals surface area contributed by atoms with Gasteiger partial charge in [0, 0.05) is 21.3 Å². The normalized spacial score (nSPS) is 24.5. The Hall–Kier alpha value is -0.220. The minimum Gasteiger partial charge on any atom is -0.490 e. The summed E-state index contributed by atoms with van der Waals surface area (Å²) in [4.78, 5) is 0.322. The molecule has 0 saturated carbocycles. The van der Waals surface area contributed by atoms with E-state index < -0.39 is 0 Å². The highest BCUT2D eigenvalue weighted by atomic mass is 79.9. The number of benzene rings is 1. The Morgan fingerprint density at radius 2 is 2.00 bits per heavy atom. The molecule has 1 heterocycles. The van der Waals surface area contributed by atoms with Crippen molar-refractivity contribution in [3.05, 3.63) is 21.7 Å². The van der Waals surface area contributed by atoms with Crippen LogP contribution >= 0.6 is 31.9 Å². The van der Waals surface area contributed by atoms with Crippen LogP contribution in [0.15, 0.2) is 10.5 Å². The van der Waals surface area contributed by atoms with Crippen LogP contribution in [0.2, 0.25) is 0 Å². The van der Waals surface area contributed by atoms with E-state index in [1.807, 2.05) is 0 Å². The molecule has 0 bridgehead atoms. The summed E-state index contributed by atoms with van der Waals surface area (Å²) in [5.41, 5.74) is 3.01. The van der Waals surface area contributed by atoms with Crippen molar-refractivity contribution in [2.45, 2.75) is 44.4 Å². The van der Waals surface area contributed by atoms with Crippen LogP contribution in [0.5, 0.6) is 11.5 Å². The maximum atomic E-state index is 6.02. The van der Waals surface area contributed by atoms with Gasteiger partial charge in [-0.3, -0.25) is 0 Å². The van der Waals surface area contributed by atoms with Gasteiger partial charge < -0.3 is 9.47 Å². The predicted octanol–water partition coefficient (Wildman–Crippen LogP) is 5.41. The Balaban J connectivity index is 2.14. The number of hydrogen-bond acceptors (Lipinski definition) is 2. The van der Waals surface area contributed by atoms with Gasteiger partial charge in [-0.2, -0.15) is 0 Å². The van der Waals surface area contributed by atoms with Gasteiger partial charge in [-0.25, -0.2) is 0 Å². The molecule has 1 aromatic carbocycles. The summed E-state index contributed by atoms with van der Waals surface area (Å²) < 4.78 is 13.0. The van der Waals surface area contributed by atoms with E-state index in [1.165, 1.54) is 17.5 Å². The van der Waals surface area contributed by atoms with Gasteiger partial charge in [0.25, 0.3) is 0 Å². The third-order valence-corrected chi connectivity index (χ3v) is 5.72. The van der Waals surface area contributed by atoms with Crippen LogP contribution < -0.4 is 9.47 Å². The SMILES string of the molecule is CC1(C)CCc2c(Br)cc3c(c2C(Br)C1)OCCCO3. The monoisotopic (exact) mass is 402 g/mol. The molecule has 0 fully saturated rings. The summed E-state index contributed by atoms with van der Waals surface area (Å²) in [6.45, 7) is 6.16. The van der Waals surface area contributed by atoms with Crippen LogP contribution in [0.4, 0.5) is 0 Å². The second-order valence-corrected chi connectivity index (χ2v) is 8.42. The zero-order chi connectivity index (χ0) is 14.3. The molecule has 1 aliphatic heterocycles. The fourth-order valence-electron chi connectivity index (χ4n) is 3.08. The van der Waals surface area contributed by atoms with Crippen molar-refractivity contribution in [1.29, 1.82) is 0 Å². The fourth-order valence-corrected chi connectivity index (χ4v) is 5.06. The van der Waals surface area contributed by atoms with E-state index >= 15 is 0 Å². The van der Waals surface area contributed by atoms with Gasteiger partial charge in [-0.1, -0.05) is 45.7 Å². The summed E-state index contributed by atoms with van der Waals surface area (Å²) in [5.74, 6) is 1.84. The van der Waals surface area contributed by atoms with Crippen LogP contribution in [0.25, 0.3) is 0 Å². The number of halogens is 2. The van der Waals surface area contributed by atoms with Gasteiger partial charge in [0.2, 0.25) is 0 Å². The molecule has 1 unspecified atom stereocenters. The Labute approximate surface area is 137 Å². The highest BCUT2D eigenvalue weighted by Crippen LogP contribution is 2.51. The topological polar surface area (TPSA) is 18.5 Å². The highest BCUT2D eigenvalue weighted by molar-refractivity contribution is 9.10. The number of ether oxygens (including phenoxy) is 2. The number of alkyl halides is 1. The third kappa shape index (κ3) is 2.74. The summed E-state index contributed by atoms with van der Waals surface area (Å²) in [7, 11) is 0. The van der Waals surface area contributed by atoms with Crippen LogP contribution in [-0.4, -0.2) is 13.2 Å². The first-order chi connectivity index (χ1) is 9.48. The smallest absolute Gasteiger partial charge is 0.165 e. The number of fused-ring (bicyclic) bond motifs is 3. The average molecular weight is 404 g/mol. The Morgan fingerprint density at radius 3 is 2.80 bits per heavy atom. The van der Waals surface area contributed by atoms with Crippen LogP contribution in [0.3, 0.4) is 0 Å². The molecule has 2 nitrogen and oxygen atoms in total. The maximum absolute atomic E-state index is 6.02. The van der Waals surface area contributed by atoms with E-state index in [4.69, 9.17) is 9.47 Å². The van der Waals surface area contributed by atoms with Crippen molar-refractivity contribution >= 4 is 31.9 Å². The molecule has 1 aliphatic carbocycles. The molecule has 0 amide bonds. The van der Waals surface area contributed by atoms with Gasteiger partial charge >= 0.3 is 0 Å². The van der Waals surface area contributed by atoms with Gasteiger partial charge in [-0.05, 0) is 36.3 Å². The van der Waals surface area contributed by atoms with Gasteiger partial charge in [0.15, 0.2) is 11.5 Å². The lowest BCUT2D eigenvalue weighted by atomic mass is 9.84. The molecular formula is C16H20Br2O2. The molecule has 110 valence electrons. The third-order valence-electron chi connectivity index (χ3n) is 4.23. The summed E-state index contributed by atoms with van der Waals surface area (Å²) >= 11 is 7.62. The molecule has 0 radical (unpaired) electrons. The molecule has 1 atom stereocenters. The van der Waals surface area contributed by atoms with Crippen molar-refractivity contribution in [3.8, 4) is 11.5 Å². The zero-order valence-electron chi connectivity index (χ0n) is 12.0. The molecule has 4 heteroatoms. The molecule has 2 aliphatic rings. The Kier molecular flexibility index (Phi) is 4.06. The van der Waals surface area contributed by atoms with Crippen molar-refractivity contribution in [2.24, 2.45) is 5.41 Å². The van der Waals surface area contributed by atoms with Crippen molar-refractivity contribution in [1.82, 2.24) is 0 Å². The first kappa shape index (κ1) is 14.7. The second-order valence-electron chi connectivity index (χ2n) is 6.46. The van der Waals surface area contributed by atoms with E-state index in [9.17, 15) is 0 Å². The second kappa shape index (κ2) is 5.53. The molecule has 0 aromatic heterocycles. The summed E-state index contributed by atoms with van der Waals surface area (Å²) in [6, 6.07) is 2.08. The minimum absolute atomic E-state index is 0.322. The molecule has 1 aromatic rings. The Morgan fingerprint density at radius 1 is 1.25 bits per heavy atom. The highest BCUT2D eigenvalue weighted by Gasteiger charge is 2.33. The number of hydrogen-bond donors (Lipinski definition) is 0. The lowest BCUT2D eigenvalue weighted by molar-refractivity contribution is 0.294. The maximum Gasteiger partial charge on any atom is 0.165 e. The largest absolute Gasteiger partial charge is 0.490 e. The lowest BCUT2D eigenvalue weighted by Gasteiger charge is -2.24. The van der Waals surface area contributed by atoms with Crippen LogP contribution in [-0.2, 0) is 6.42 Å². The van der Waals surface area contributed by atoms with Crippen LogP contribution in [0.1, 0.15) is 49.1 Å². The van der Waals surface area contributed by atoms with E-state index in [0.717, 1.165) is 48.4 Å². The molecule has 3 rings (SSSR count). The van der Waals surface area contributed by atoms with Gasteiger partial charge in [0.05, 0.1) is 13.2 Å². The molecule has 0 saturated heterocycles. The van der Waals surface area contributed by atoms with Gasteiger partial charge in [-0.15, -0.1) is 0 Å². The fraction of sp³-hybridized carbons (Fsp3) is 0.625. The zero-order valence-corrected chi connectivity index (χ0v) is 15.1. The van der Waals surface area contributed by atoms with E-state index in [-0.39, 0.29) is 0 Å². The van der Waals surface area contributed by atoms with E-state index in [2.05, 4.69) is 51.8 Å². The van der Waals surface area contributed by atoms with Crippen molar-refractivity contribution in [3.63, 3.8) is 0 Å². The van der Waals surface area contributed by atoms with Crippen molar-refractivity contribution < 1.29 is 9.47 Å². The van der Waals surface area contributed by atoms with Crippen molar-refractivity contribution in [2.75, 3.05) is 13.2 Å². The predicted molar refractivity (Wildman–Crippen MR) is 88.1 cm³/mol. The molecule has 0 spiro atoms.